The van der Waals surface area contributed by atoms with E-state index in [1.54, 1.807) is 37.3 Å². The molecule has 0 N–H and O–H groups in total. The Labute approximate surface area is 201 Å². The van der Waals surface area contributed by atoms with Crippen molar-refractivity contribution in [3.05, 3.63) is 86.5 Å². The summed E-state index contributed by atoms with van der Waals surface area (Å²) < 4.78 is 37.4. The molecule has 1 aliphatic rings. The van der Waals surface area contributed by atoms with E-state index in [2.05, 4.69) is 5.16 Å². The van der Waals surface area contributed by atoms with Crippen molar-refractivity contribution in [3.8, 4) is 0 Å². The third-order valence-corrected chi connectivity index (χ3v) is 8.15. The van der Waals surface area contributed by atoms with Crippen molar-refractivity contribution in [2.45, 2.75) is 31.7 Å². The number of aryl methyl sites for hydroxylation is 3. The Balaban J connectivity index is 1.76. The van der Waals surface area contributed by atoms with Crippen LogP contribution in [-0.2, 0) is 10.0 Å². The molecule has 9 nitrogen and oxygen atoms in total. The number of sulfonamides is 1. The second-order valence-electron chi connectivity index (χ2n) is 8.84. The highest BCUT2D eigenvalue weighted by atomic mass is 32.2. The van der Waals surface area contributed by atoms with Crippen LogP contribution in [0.1, 0.15) is 44.6 Å². The van der Waals surface area contributed by atoms with Crippen molar-refractivity contribution < 1.29 is 22.2 Å². The number of nitrogens with zero attached hydrogens (tertiary/aromatic N) is 3. The van der Waals surface area contributed by atoms with Gasteiger partial charge in [0.05, 0.1) is 21.9 Å². The predicted octanol–water partition coefficient (Wildman–Crippen LogP) is 3.71. The van der Waals surface area contributed by atoms with E-state index in [1.165, 1.54) is 31.1 Å². The van der Waals surface area contributed by atoms with E-state index in [4.69, 9.17) is 8.94 Å². The minimum atomic E-state index is -3.65. The second-order valence-corrected chi connectivity index (χ2v) is 11.0. The van der Waals surface area contributed by atoms with Gasteiger partial charge in [0.15, 0.2) is 11.2 Å². The van der Waals surface area contributed by atoms with Gasteiger partial charge in [-0.15, -0.1) is 0 Å². The molecule has 0 saturated carbocycles. The van der Waals surface area contributed by atoms with Crippen molar-refractivity contribution >= 4 is 32.7 Å². The van der Waals surface area contributed by atoms with Crippen molar-refractivity contribution in [2.75, 3.05) is 19.0 Å². The second kappa shape index (κ2) is 7.89. The van der Waals surface area contributed by atoms with E-state index in [-0.39, 0.29) is 27.5 Å². The van der Waals surface area contributed by atoms with Crippen molar-refractivity contribution in [2.24, 2.45) is 0 Å². The van der Waals surface area contributed by atoms with Crippen LogP contribution >= 0.6 is 0 Å². The first-order valence-electron chi connectivity index (χ1n) is 10.9. The van der Waals surface area contributed by atoms with Gasteiger partial charge in [0, 0.05) is 20.2 Å². The molecular formula is C25H23N3O6S. The molecule has 1 atom stereocenters. The largest absolute Gasteiger partial charge is 0.450 e. The predicted molar refractivity (Wildman–Crippen MR) is 129 cm³/mol. The zero-order valence-corrected chi connectivity index (χ0v) is 20.6. The lowest BCUT2D eigenvalue weighted by Crippen LogP contribution is -2.30. The molecule has 35 heavy (non-hydrogen) atoms. The highest BCUT2D eigenvalue weighted by Crippen LogP contribution is 2.41. The van der Waals surface area contributed by atoms with Gasteiger partial charge in [-0.3, -0.25) is 14.5 Å². The van der Waals surface area contributed by atoms with Crippen LogP contribution in [0.4, 0.5) is 5.82 Å². The fourth-order valence-electron chi connectivity index (χ4n) is 4.28. The van der Waals surface area contributed by atoms with Crippen LogP contribution in [0.15, 0.2) is 61.1 Å². The van der Waals surface area contributed by atoms with E-state index in [9.17, 15) is 18.0 Å². The molecule has 0 fully saturated rings. The number of benzene rings is 2. The van der Waals surface area contributed by atoms with Gasteiger partial charge >= 0.3 is 0 Å². The van der Waals surface area contributed by atoms with E-state index >= 15 is 0 Å². The molecular weight excluding hydrogens is 470 g/mol. The number of aromatic nitrogens is 1. The summed E-state index contributed by atoms with van der Waals surface area (Å²) in [6, 6.07) is 10.3. The molecule has 0 spiro atoms. The van der Waals surface area contributed by atoms with Crippen LogP contribution in [0.3, 0.4) is 0 Å². The molecule has 0 bridgehead atoms. The summed E-state index contributed by atoms with van der Waals surface area (Å²) >= 11 is 0. The highest BCUT2D eigenvalue weighted by molar-refractivity contribution is 7.89. The number of anilines is 1. The van der Waals surface area contributed by atoms with Crippen LogP contribution in [0.25, 0.3) is 11.0 Å². The number of hydrogen-bond donors (Lipinski definition) is 0. The molecule has 0 aliphatic carbocycles. The number of carbonyl (C=O) groups is 1. The van der Waals surface area contributed by atoms with Crippen LogP contribution in [0.5, 0.6) is 0 Å². The Kier molecular flexibility index (Phi) is 5.19. The number of carbonyl (C=O) groups excluding carboxylic acids is 1. The maximum atomic E-state index is 13.7. The summed E-state index contributed by atoms with van der Waals surface area (Å²) in [6.07, 6.45) is 0. The summed E-state index contributed by atoms with van der Waals surface area (Å²) in [5.41, 5.74) is 2.57. The van der Waals surface area contributed by atoms with Gasteiger partial charge < -0.3 is 8.94 Å². The number of rotatable bonds is 4. The highest BCUT2D eigenvalue weighted by Gasteiger charge is 2.45. The third kappa shape index (κ3) is 3.48. The molecule has 10 heteroatoms. The molecule has 2 aromatic carbocycles. The van der Waals surface area contributed by atoms with Gasteiger partial charge in [-0.25, -0.2) is 12.7 Å². The first-order chi connectivity index (χ1) is 16.5. The number of fused-ring (bicyclic) bond motifs is 2. The van der Waals surface area contributed by atoms with E-state index in [0.717, 1.165) is 15.4 Å². The molecule has 1 aliphatic heterocycles. The lowest BCUT2D eigenvalue weighted by molar-refractivity contribution is 0.0969. The molecule has 4 aromatic rings. The SMILES string of the molecule is Cc1cc(N2C(=O)c3oc4cc(C)c(C)cc4c(=O)c3C2c2ccc(S(=O)(=O)N(C)C)cc2)no1. The molecule has 3 heterocycles. The average Bonchev–Trinajstić information content (AvgIpc) is 3.36. The van der Waals surface area contributed by atoms with Gasteiger partial charge in [0.25, 0.3) is 5.91 Å². The third-order valence-electron chi connectivity index (χ3n) is 6.32. The fraction of sp³-hybridized carbons (Fsp3) is 0.240. The Morgan fingerprint density at radius 1 is 0.971 bits per heavy atom. The zero-order chi connectivity index (χ0) is 25.2. The maximum Gasteiger partial charge on any atom is 0.296 e. The van der Waals surface area contributed by atoms with Gasteiger partial charge in [-0.1, -0.05) is 17.3 Å². The van der Waals surface area contributed by atoms with Gasteiger partial charge in [0.2, 0.25) is 15.8 Å². The van der Waals surface area contributed by atoms with Crippen molar-refractivity contribution in [1.82, 2.24) is 9.46 Å². The first-order valence-corrected chi connectivity index (χ1v) is 12.3. The summed E-state index contributed by atoms with van der Waals surface area (Å²) in [7, 11) is -0.755. The summed E-state index contributed by atoms with van der Waals surface area (Å²) in [5.74, 6) is 0.122. The van der Waals surface area contributed by atoms with Crippen LogP contribution in [0, 0.1) is 20.8 Å². The van der Waals surface area contributed by atoms with E-state index < -0.39 is 22.0 Å². The molecule has 0 radical (unpaired) electrons. The molecule has 180 valence electrons. The Bertz CT molecular complexity index is 1670. The molecule has 0 saturated heterocycles. The smallest absolute Gasteiger partial charge is 0.296 e. The van der Waals surface area contributed by atoms with Gasteiger partial charge in [-0.05, 0) is 61.7 Å². The molecule has 2 aromatic heterocycles. The summed E-state index contributed by atoms with van der Waals surface area (Å²) in [6.45, 7) is 5.50. The lowest BCUT2D eigenvalue weighted by atomic mass is 9.97. The molecule has 5 rings (SSSR count). The first kappa shape index (κ1) is 23.0. The molecule has 1 amide bonds. The van der Waals surface area contributed by atoms with E-state index in [1.807, 2.05) is 13.8 Å². The van der Waals surface area contributed by atoms with Gasteiger partial charge in [-0.2, -0.15) is 0 Å². The number of hydrogen-bond acceptors (Lipinski definition) is 7. The zero-order valence-electron chi connectivity index (χ0n) is 19.8. The lowest BCUT2D eigenvalue weighted by Gasteiger charge is -2.22. The van der Waals surface area contributed by atoms with Crippen molar-refractivity contribution in [3.63, 3.8) is 0 Å². The number of amides is 1. The summed E-state index contributed by atoms with van der Waals surface area (Å²) in [5, 5.41) is 4.37. The quantitative estimate of drug-likeness (QED) is 0.426. The average molecular weight is 494 g/mol. The Morgan fingerprint density at radius 2 is 1.63 bits per heavy atom. The standard InChI is InChI=1S/C25H23N3O6S/c1-13-10-18-19(11-14(13)2)33-24-21(23(18)29)22(28(25(24)30)20-12-15(3)34-26-20)16-6-8-17(9-7-16)35(31,32)27(4)5/h6-12,22H,1-5H3. The fourth-order valence-corrected chi connectivity index (χ4v) is 5.18. The minimum absolute atomic E-state index is 0.0682. The minimum Gasteiger partial charge on any atom is -0.450 e. The normalized spacial score (nSPS) is 15.9. The summed E-state index contributed by atoms with van der Waals surface area (Å²) in [4.78, 5) is 28.7. The molecule has 1 unspecified atom stereocenters. The van der Waals surface area contributed by atoms with Crippen LogP contribution in [-0.4, -0.2) is 37.9 Å². The van der Waals surface area contributed by atoms with Crippen LogP contribution < -0.4 is 10.3 Å². The van der Waals surface area contributed by atoms with E-state index in [0.29, 0.717) is 22.3 Å². The van der Waals surface area contributed by atoms with Gasteiger partial charge in [0.1, 0.15) is 11.3 Å². The maximum absolute atomic E-state index is 13.7. The Morgan fingerprint density at radius 3 is 2.23 bits per heavy atom. The monoisotopic (exact) mass is 493 g/mol. The van der Waals surface area contributed by atoms with Crippen LogP contribution in [0.2, 0.25) is 0 Å². The Hall–Kier alpha value is -3.76. The topological polar surface area (TPSA) is 114 Å². The van der Waals surface area contributed by atoms with Crippen molar-refractivity contribution in [1.29, 1.82) is 0 Å².